The van der Waals surface area contributed by atoms with Gasteiger partial charge in [0.25, 0.3) is 0 Å². The van der Waals surface area contributed by atoms with Crippen molar-refractivity contribution < 1.29 is 79.1 Å². The molecule has 4 heterocycles. The summed E-state index contributed by atoms with van der Waals surface area (Å²) in [6, 6.07) is 5.51. The minimum Gasteiger partial charge on any atom is -0.480 e. The summed E-state index contributed by atoms with van der Waals surface area (Å²) in [6.45, 7) is 10.7. The number of alkyl halides is 6. The molecule has 4 atom stereocenters. The Labute approximate surface area is 397 Å². The minimum absolute atomic E-state index is 0. The van der Waals surface area contributed by atoms with Crippen molar-refractivity contribution >= 4 is 23.9 Å². The maximum Gasteiger partial charge on any atom is 0.434 e. The van der Waals surface area contributed by atoms with Crippen molar-refractivity contribution in [2.24, 2.45) is 5.73 Å². The summed E-state index contributed by atoms with van der Waals surface area (Å²) in [5, 5.41) is 28.6. The van der Waals surface area contributed by atoms with Crippen LogP contribution >= 0.6 is 0 Å². The summed E-state index contributed by atoms with van der Waals surface area (Å²) in [7, 11) is 0. The van der Waals surface area contributed by atoms with Crippen LogP contribution in [0.1, 0.15) is 90.7 Å². The molecule has 0 radical (unpaired) electrons. The van der Waals surface area contributed by atoms with E-state index < -0.39 is 94.8 Å². The lowest BCUT2D eigenvalue weighted by Crippen LogP contribution is -2.47. The number of aliphatic carboxylic acids is 1. The molecule has 5 N–H and O–H groups in total. The standard InChI is InChI=1S/C23H25F4N3O4.C12H9F4N3.C10H17NO5.CH4/c1-22(2,3)34-21(33)30-7-6-18(32)20(30)17(31)5-4-13-8-14(10-15(24)9-13)16-11-29-19(12-28-16)23(25,26)27;13-9-2-7(4-17)1-8(3-9)10-5-19-11(6-18-10)12(14,15)16;1-10(2,3)16-9(15)11-5-4-6(12)7(11)8(13)14;/h8-12,18,20,32H,4-7H2,1-3H3;1-3,5-6H,4,17H2;6-7,12H,4-5H2,1-3H3,(H,13,14);1H4/t18-,20-;;6-,7+;/m1.1./s1. The number of carboxylic acids is 1. The number of hydrogen-bond donors (Lipinski definition) is 4. The number of hydrogen-bond acceptors (Lipinski definition) is 13. The van der Waals surface area contributed by atoms with Crippen LogP contribution in [0.5, 0.6) is 0 Å². The molecule has 0 bridgehead atoms. The SMILES string of the molecule is C.CC(C)(C)OC(=O)N1CC[C@@H](O)[C@H]1C(=O)CCc1cc(F)cc(-c2cnc(C(F)(F)F)cn2)c1.CC(C)(C)OC(=O)N1CC[C@@H](O)[C@H]1C(=O)O.NCc1cc(F)cc(-c2cnc(C(F)(F)F)cn2)c1. The van der Waals surface area contributed by atoms with Crippen LogP contribution in [0.15, 0.2) is 61.2 Å². The lowest BCUT2D eigenvalue weighted by molar-refractivity contribution is -0.145. The summed E-state index contributed by atoms with van der Waals surface area (Å²) in [5.41, 5.74) is 3.37. The fourth-order valence-corrected chi connectivity index (χ4v) is 6.81. The zero-order valence-corrected chi connectivity index (χ0v) is 38.1. The predicted octanol–water partition coefficient (Wildman–Crippen LogP) is 8.01. The number of nitrogens with two attached hydrogens (primary N) is 1. The highest BCUT2D eigenvalue weighted by molar-refractivity contribution is 5.89. The first-order valence-electron chi connectivity index (χ1n) is 21.1. The van der Waals surface area contributed by atoms with Gasteiger partial charge in [0.05, 0.1) is 48.4 Å². The van der Waals surface area contributed by atoms with Crippen LogP contribution in [-0.4, -0.2) is 118 Å². The van der Waals surface area contributed by atoms with Crippen LogP contribution in [0.4, 0.5) is 44.7 Å². The van der Waals surface area contributed by atoms with Gasteiger partial charge in [0.15, 0.2) is 23.2 Å². The number of aromatic nitrogens is 4. The Kier molecular flexibility index (Phi) is 19.4. The highest BCUT2D eigenvalue weighted by atomic mass is 19.4. The third-order valence-corrected chi connectivity index (χ3v) is 9.86. The number of ketones is 1. The molecule has 2 aromatic heterocycles. The number of likely N-dealkylation sites (tertiary alicyclic amines) is 2. The van der Waals surface area contributed by atoms with Crippen LogP contribution < -0.4 is 5.73 Å². The number of aliphatic hydroxyl groups is 2. The third-order valence-electron chi connectivity index (χ3n) is 9.86. The van der Waals surface area contributed by atoms with Gasteiger partial charge in [-0.05, 0) is 108 Å². The van der Waals surface area contributed by atoms with Crippen molar-refractivity contribution in [1.82, 2.24) is 29.7 Å². The van der Waals surface area contributed by atoms with E-state index in [4.69, 9.17) is 20.3 Å². The fraction of sp³-hybridized carbons (Fsp3) is 0.478. The predicted molar refractivity (Wildman–Crippen MR) is 235 cm³/mol. The van der Waals surface area contributed by atoms with Crippen LogP contribution in [0, 0.1) is 11.6 Å². The van der Waals surface area contributed by atoms with E-state index >= 15 is 0 Å². The van der Waals surface area contributed by atoms with Gasteiger partial charge in [0, 0.05) is 37.2 Å². The van der Waals surface area contributed by atoms with E-state index in [1.807, 2.05) is 0 Å². The lowest BCUT2D eigenvalue weighted by atomic mass is 9.98. The maximum atomic E-state index is 14.2. The van der Waals surface area contributed by atoms with Gasteiger partial charge in [-0.3, -0.25) is 24.6 Å². The van der Waals surface area contributed by atoms with Gasteiger partial charge in [-0.1, -0.05) is 7.43 Å². The number of amides is 2. The van der Waals surface area contributed by atoms with Crippen molar-refractivity contribution in [3.8, 4) is 22.5 Å². The Morgan fingerprint density at radius 2 is 1.04 bits per heavy atom. The molecule has 0 unspecified atom stereocenters. The van der Waals surface area contributed by atoms with E-state index in [-0.39, 0.29) is 69.7 Å². The Morgan fingerprint density at radius 1 is 0.643 bits per heavy atom. The molecule has 2 aromatic carbocycles. The van der Waals surface area contributed by atoms with Crippen molar-refractivity contribution in [3.05, 3.63) is 95.3 Å². The summed E-state index contributed by atoms with van der Waals surface area (Å²) >= 11 is 0. The third kappa shape index (κ3) is 16.6. The smallest absolute Gasteiger partial charge is 0.434 e. The number of aliphatic hydroxyl groups excluding tert-OH is 2. The maximum absolute atomic E-state index is 14.2. The summed E-state index contributed by atoms with van der Waals surface area (Å²) in [6.07, 6.45) is -9.12. The molecule has 16 nitrogen and oxygen atoms in total. The number of aryl methyl sites for hydroxylation is 1. The fourth-order valence-electron chi connectivity index (χ4n) is 6.81. The first-order valence-corrected chi connectivity index (χ1v) is 21.1. The van der Waals surface area contributed by atoms with E-state index in [0.717, 1.165) is 29.4 Å². The first kappa shape index (κ1) is 57.9. The van der Waals surface area contributed by atoms with Crippen LogP contribution in [0.3, 0.4) is 0 Å². The quantitative estimate of drug-likeness (QED) is 0.123. The Bertz CT molecular complexity index is 2430. The first-order chi connectivity index (χ1) is 31.9. The number of carboxylic acid groups (broad SMARTS) is 1. The van der Waals surface area contributed by atoms with Gasteiger partial charge in [0.1, 0.15) is 28.9 Å². The molecule has 24 heteroatoms. The zero-order chi connectivity index (χ0) is 51.8. The van der Waals surface area contributed by atoms with Gasteiger partial charge in [0.2, 0.25) is 0 Å². The number of carbonyl (C=O) groups is 4. The summed E-state index contributed by atoms with van der Waals surface area (Å²) in [4.78, 5) is 64.0. The summed E-state index contributed by atoms with van der Waals surface area (Å²) in [5.74, 6) is -2.80. The van der Waals surface area contributed by atoms with Crippen LogP contribution in [-0.2, 0) is 44.4 Å². The molecule has 0 aliphatic carbocycles. The Balaban J connectivity index is 0.000000304. The Hall–Kier alpha value is -6.40. The molecule has 0 spiro atoms. The van der Waals surface area contributed by atoms with Crippen molar-refractivity contribution in [3.63, 3.8) is 0 Å². The second-order valence-corrected chi connectivity index (χ2v) is 17.7. The van der Waals surface area contributed by atoms with Gasteiger partial charge >= 0.3 is 30.5 Å². The highest BCUT2D eigenvalue weighted by Gasteiger charge is 2.44. The van der Waals surface area contributed by atoms with Crippen molar-refractivity contribution in [2.75, 3.05) is 13.1 Å². The highest BCUT2D eigenvalue weighted by Crippen LogP contribution is 2.31. The van der Waals surface area contributed by atoms with E-state index in [1.54, 1.807) is 47.6 Å². The number of benzene rings is 2. The average molecular weight is 1000 g/mol. The molecule has 4 aromatic rings. The number of carbonyl (C=O) groups excluding carboxylic acids is 3. The zero-order valence-electron chi connectivity index (χ0n) is 38.1. The largest absolute Gasteiger partial charge is 0.480 e. The molecule has 2 aliphatic heterocycles. The Morgan fingerprint density at radius 3 is 1.41 bits per heavy atom. The molecule has 0 saturated carbocycles. The van der Waals surface area contributed by atoms with E-state index in [0.29, 0.717) is 29.1 Å². The van der Waals surface area contributed by atoms with Gasteiger partial charge < -0.3 is 30.5 Å². The van der Waals surface area contributed by atoms with Gasteiger partial charge in [-0.25, -0.2) is 33.1 Å². The normalized spacial score (nSPS) is 18.1. The molecular formula is C46H55F8N7O9. The molecule has 2 aliphatic rings. The number of rotatable bonds is 8. The van der Waals surface area contributed by atoms with Gasteiger partial charge in [-0.15, -0.1) is 0 Å². The van der Waals surface area contributed by atoms with E-state index in [9.17, 15) is 64.5 Å². The number of nitrogens with zero attached hydrogens (tertiary/aromatic N) is 6. The second kappa shape index (κ2) is 23.5. The lowest BCUT2D eigenvalue weighted by Gasteiger charge is -2.28. The number of halogens is 8. The molecular weight excluding hydrogens is 947 g/mol. The van der Waals surface area contributed by atoms with Crippen molar-refractivity contribution in [1.29, 1.82) is 0 Å². The molecule has 2 saturated heterocycles. The average Bonchev–Trinajstić information content (AvgIpc) is 3.83. The molecule has 70 heavy (non-hydrogen) atoms. The topological polar surface area (TPSA) is 231 Å². The monoisotopic (exact) mass is 1000 g/mol. The van der Waals surface area contributed by atoms with Crippen molar-refractivity contribution in [2.45, 2.75) is 129 Å². The number of Topliss-reactive ketones (excluding diaryl/α,β-unsaturated/α-hetero) is 1. The number of ether oxygens (including phenoxy) is 2. The molecule has 2 fully saturated rings. The van der Waals surface area contributed by atoms with E-state index in [1.165, 1.54) is 23.1 Å². The molecule has 6 rings (SSSR count). The molecule has 384 valence electrons. The molecule has 2 amide bonds. The van der Waals surface area contributed by atoms with Gasteiger partial charge in [-0.2, -0.15) is 26.3 Å². The van der Waals surface area contributed by atoms with E-state index in [2.05, 4.69) is 19.9 Å². The second-order valence-electron chi connectivity index (χ2n) is 17.7. The van der Waals surface area contributed by atoms with Crippen LogP contribution in [0.25, 0.3) is 22.5 Å². The minimum atomic E-state index is -4.64. The summed E-state index contributed by atoms with van der Waals surface area (Å²) < 4.78 is 113. The van der Waals surface area contributed by atoms with Crippen LogP contribution in [0.2, 0.25) is 0 Å².